The number of benzene rings is 9. The molecular formula is C57H38N4O. The minimum Gasteiger partial charge on any atom is -0.456 e. The predicted octanol–water partition coefficient (Wildman–Crippen LogP) is 15.2. The maximum Gasteiger partial charge on any atom is 0.164 e. The third-order valence-electron chi connectivity index (χ3n) is 11.4. The zero-order valence-electron chi connectivity index (χ0n) is 33.6. The van der Waals surface area contributed by atoms with Gasteiger partial charge in [0, 0.05) is 50.6 Å². The van der Waals surface area contributed by atoms with E-state index in [1.54, 1.807) is 0 Å². The molecule has 9 aromatic carbocycles. The van der Waals surface area contributed by atoms with E-state index in [4.69, 9.17) is 19.4 Å². The van der Waals surface area contributed by atoms with Crippen molar-refractivity contribution in [2.75, 3.05) is 4.90 Å². The van der Waals surface area contributed by atoms with Gasteiger partial charge in [0.25, 0.3) is 0 Å². The maximum atomic E-state index is 6.74. The van der Waals surface area contributed by atoms with E-state index < -0.39 is 0 Å². The monoisotopic (exact) mass is 794 g/mol. The molecule has 0 N–H and O–H groups in total. The van der Waals surface area contributed by atoms with Crippen molar-refractivity contribution in [1.29, 1.82) is 0 Å². The fraction of sp³-hybridized carbons (Fsp3) is 0. The number of nitrogens with zero attached hydrogens (tertiary/aromatic N) is 4. The van der Waals surface area contributed by atoms with Gasteiger partial charge in [-0.25, -0.2) is 15.0 Å². The minimum absolute atomic E-state index is 0.577. The molecule has 0 unspecified atom stereocenters. The Morgan fingerprint density at radius 1 is 0.290 bits per heavy atom. The molecule has 0 aliphatic rings. The Morgan fingerprint density at radius 2 is 0.726 bits per heavy atom. The Hall–Kier alpha value is -8.41. The molecule has 11 aromatic rings. The van der Waals surface area contributed by atoms with Gasteiger partial charge in [0.15, 0.2) is 17.5 Å². The van der Waals surface area contributed by atoms with Gasteiger partial charge in [0.1, 0.15) is 11.2 Å². The van der Waals surface area contributed by atoms with E-state index in [1.807, 2.05) is 66.7 Å². The molecule has 0 amide bonds. The van der Waals surface area contributed by atoms with Crippen LogP contribution in [0.4, 0.5) is 17.1 Å². The average molecular weight is 795 g/mol. The summed E-state index contributed by atoms with van der Waals surface area (Å²) in [4.78, 5) is 17.8. The molecule has 5 heteroatoms. The second-order valence-corrected chi connectivity index (χ2v) is 15.2. The fourth-order valence-corrected chi connectivity index (χ4v) is 8.33. The SMILES string of the molecule is c1ccc(-c2ccc(N(c3ccc(-c4ccccc4)cc3)c3ccc4c(c3)oc3cccc(-c5nc(-c6ccccc6)nc(-c6ccccc6-c6ccccc6)n5)c34)cc2)cc1. The molecule has 0 aliphatic heterocycles. The number of rotatable bonds is 9. The van der Waals surface area contributed by atoms with Crippen LogP contribution >= 0.6 is 0 Å². The Kier molecular flexibility index (Phi) is 9.45. The highest BCUT2D eigenvalue weighted by Gasteiger charge is 2.21. The summed E-state index contributed by atoms with van der Waals surface area (Å²) in [5.74, 6) is 1.79. The lowest BCUT2D eigenvalue weighted by Crippen LogP contribution is -2.09. The Balaban J connectivity index is 1.05. The topological polar surface area (TPSA) is 55.1 Å². The predicted molar refractivity (Wildman–Crippen MR) is 254 cm³/mol. The van der Waals surface area contributed by atoms with Crippen molar-refractivity contribution >= 4 is 39.0 Å². The van der Waals surface area contributed by atoms with Gasteiger partial charge in [-0.05, 0) is 75.8 Å². The number of anilines is 3. The van der Waals surface area contributed by atoms with Crippen molar-refractivity contribution in [1.82, 2.24) is 15.0 Å². The number of hydrogen-bond acceptors (Lipinski definition) is 5. The first-order valence-electron chi connectivity index (χ1n) is 20.8. The fourth-order valence-electron chi connectivity index (χ4n) is 8.33. The van der Waals surface area contributed by atoms with Crippen LogP contribution in [0.25, 0.3) is 89.5 Å². The molecule has 0 saturated carbocycles. The molecule has 0 radical (unpaired) electrons. The summed E-state index contributed by atoms with van der Waals surface area (Å²) < 4.78 is 6.74. The molecule has 11 rings (SSSR count). The van der Waals surface area contributed by atoms with Crippen LogP contribution in [-0.2, 0) is 0 Å². The number of fused-ring (bicyclic) bond motifs is 3. The van der Waals surface area contributed by atoms with Crippen LogP contribution in [0.1, 0.15) is 0 Å². The molecule has 2 heterocycles. The van der Waals surface area contributed by atoms with Crippen molar-refractivity contribution in [3.05, 3.63) is 231 Å². The molecule has 0 fully saturated rings. The van der Waals surface area contributed by atoms with Crippen molar-refractivity contribution in [3.63, 3.8) is 0 Å². The summed E-state index contributed by atoms with van der Waals surface area (Å²) in [6.07, 6.45) is 0. The normalized spacial score (nSPS) is 11.2. The van der Waals surface area contributed by atoms with Gasteiger partial charge in [-0.1, -0.05) is 182 Å². The van der Waals surface area contributed by atoms with E-state index in [1.165, 1.54) is 11.1 Å². The molecule has 2 aromatic heterocycles. The Morgan fingerprint density at radius 3 is 1.31 bits per heavy atom. The van der Waals surface area contributed by atoms with E-state index in [0.717, 1.165) is 77.9 Å². The minimum atomic E-state index is 0.577. The maximum absolute atomic E-state index is 6.74. The van der Waals surface area contributed by atoms with Crippen LogP contribution in [0.3, 0.4) is 0 Å². The number of hydrogen-bond donors (Lipinski definition) is 0. The van der Waals surface area contributed by atoms with Crippen LogP contribution in [-0.4, -0.2) is 15.0 Å². The van der Waals surface area contributed by atoms with Crippen molar-refractivity contribution in [2.45, 2.75) is 0 Å². The van der Waals surface area contributed by atoms with Crippen molar-refractivity contribution in [2.24, 2.45) is 0 Å². The highest BCUT2D eigenvalue weighted by molar-refractivity contribution is 6.12. The van der Waals surface area contributed by atoms with Gasteiger partial charge in [0.2, 0.25) is 0 Å². The lowest BCUT2D eigenvalue weighted by molar-refractivity contribution is 0.669. The smallest absolute Gasteiger partial charge is 0.164 e. The van der Waals surface area contributed by atoms with Crippen LogP contribution < -0.4 is 4.90 Å². The lowest BCUT2D eigenvalue weighted by atomic mass is 9.99. The first kappa shape index (κ1) is 36.7. The second kappa shape index (κ2) is 16.0. The summed E-state index contributed by atoms with van der Waals surface area (Å²) in [7, 11) is 0. The molecule has 292 valence electrons. The van der Waals surface area contributed by atoms with Gasteiger partial charge in [-0.15, -0.1) is 0 Å². The van der Waals surface area contributed by atoms with E-state index in [9.17, 15) is 0 Å². The first-order valence-corrected chi connectivity index (χ1v) is 20.8. The molecule has 0 aliphatic carbocycles. The van der Waals surface area contributed by atoms with Crippen molar-refractivity contribution < 1.29 is 4.42 Å². The van der Waals surface area contributed by atoms with E-state index >= 15 is 0 Å². The first-order chi connectivity index (χ1) is 30.7. The standard InChI is InChI=1S/C57H38N4O/c1-5-16-39(17-6-1)41-28-32-45(33-29-41)61(46-34-30-42(31-35-46)40-18-7-2-8-19-40)47-36-37-50-53(38-47)62-52-27-15-26-51(54(50)52)57-59-55(44-22-11-4-12-23-44)58-56(60-57)49-25-14-13-24-48(49)43-20-9-3-10-21-43/h1-38H. The summed E-state index contributed by atoms with van der Waals surface area (Å²) in [6, 6.07) is 79.8. The molecule has 5 nitrogen and oxygen atoms in total. The quantitative estimate of drug-likeness (QED) is 0.146. The summed E-state index contributed by atoms with van der Waals surface area (Å²) in [5.41, 5.74) is 14.1. The third kappa shape index (κ3) is 6.97. The molecular weight excluding hydrogens is 757 g/mol. The van der Waals surface area contributed by atoms with Gasteiger partial charge in [0.05, 0.1) is 0 Å². The molecule has 62 heavy (non-hydrogen) atoms. The zero-order valence-corrected chi connectivity index (χ0v) is 33.6. The Bertz CT molecular complexity index is 3230. The van der Waals surface area contributed by atoms with E-state index in [2.05, 4.69) is 169 Å². The van der Waals surface area contributed by atoms with E-state index in [0.29, 0.717) is 17.5 Å². The second-order valence-electron chi connectivity index (χ2n) is 15.2. The van der Waals surface area contributed by atoms with E-state index in [-0.39, 0.29) is 0 Å². The van der Waals surface area contributed by atoms with Crippen LogP contribution in [0.15, 0.2) is 235 Å². The van der Waals surface area contributed by atoms with Crippen LogP contribution in [0, 0.1) is 0 Å². The zero-order chi connectivity index (χ0) is 41.2. The highest BCUT2D eigenvalue weighted by atomic mass is 16.3. The van der Waals surface area contributed by atoms with Gasteiger partial charge >= 0.3 is 0 Å². The van der Waals surface area contributed by atoms with Crippen molar-refractivity contribution in [3.8, 4) is 67.5 Å². The largest absolute Gasteiger partial charge is 0.456 e. The van der Waals surface area contributed by atoms with Gasteiger partial charge in [-0.3, -0.25) is 0 Å². The molecule has 0 spiro atoms. The summed E-state index contributed by atoms with van der Waals surface area (Å²) >= 11 is 0. The average Bonchev–Trinajstić information content (AvgIpc) is 3.74. The lowest BCUT2D eigenvalue weighted by Gasteiger charge is -2.26. The molecule has 0 saturated heterocycles. The van der Waals surface area contributed by atoms with Crippen LogP contribution in [0.5, 0.6) is 0 Å². The van der Waals surface area contributed by atoms with Gasteiger partial charge in [-0.2, -0.15) is 0 Å². The number of aromatic nitrogens is 3. The summed E-state index contributed by atoms with van der Waals surface area (Å²) in [5, 5.41) is 1.93. The highest BCUT2D eigenvalue weighted by Crippen LogP contribution is 2.42. The molecule has 0 bridgehead atoms. The van der Waals surface area contributed by atoms with Crippen LogP contribution in [0.2, 0.25) is 0 Å². The van der Waals surface area contributed by atoms with Gasteiger partial charge < -0.3 is 9.32 Å². The number of furan rings is 1. The Labute approximate surface area is 359 Å². The molecule has 0 atom stereocenters. The summed E-state index contributed by atoms with van der Waals surface area (Å²) in [6.45, 7) is 0. The third-order valence-corrected chi connectivity index (χ3v) is 11.4.